The molecular weight excluding hydrogens is 280 g/mol. The van der Waals surface area contributed by atoms with Crippen LogP contribution < -0.4 is 0 Å². The Labute approximate surface area is 124 Å². The minimum Gasteiger partial charge on any atom is -0.377 e. The zero-order chi connectivity index (χ0) is 13.7. The van der Waals surface area contributed by atoms with E-state index in [2.05, 4.69) is 29.1 Å². The summed E-state index contributed by atoms with van der Waals surface area (Å²) in [5.74, 6) is 0.505. The molecule has 2 heterocycles. The zero-order valence-corrected chi connectivity index (χ0v) is 13.3. The highest BCUT2D eigenvalue weighted by Crippen LogP contribution is 2.27. The molecule has 2 unspecified atom stereocenters. The fraction of sp³-hybridized carbons (Fsp3) is 0.786. The minimum atomic E-state index is 0.370. The molecule has 1 saturated heterocycles. The SMILES string of the molecule is CCCOC1CCCN(C(C)c2nc(CCl)cs2)C1. The van der Waals surface area contributed by atoms with Crippen molar-refractivity contribution in [2.24, 2.45) is 0 Å². The lowest BCUT2D eigenvalue weighted by atomic mass is 10.1. The van der Waals surface area contributed by atoms with E-state index in [0.29, 0.717) is 18.0 Å². The van der Waals surface area contributed by atoms with Crippen LogP contribution in [0.2, 0.25) is 0 Å². The lowest BCUT2D eigenvalue weighted by Crippen LogP contribution is -2.41. The summed E-state index contributed by atoms with van der Waals surface area (Å²) in [6.07, 6.45) is 3.89. The lowest BCUT2D eigenvalue weighted by Gasteiger charge is -2.35. The Morgan fingerprint density at radius 1 is 1.63 bits per heavy atom. The highest BCUT2D eigenvalue weighted by atomic mass is 35.5. The predicted molar refractivity (Wildman–Crippen MR) is 80.9 cm³/mol. The van der Waals surface area contributed by atoms with Gasteiger partial charge in [0.1, 0.15) is 5.01 Å². The molecule has 0 amide bonds. The summed E-state index contributed by atoms with van der Waals surface area (Å²) in [6.45, 7) is 7.44. The van der Waals surface area contributed by atoms with Gasteiger partial charge in [0, 0.05) is 18.5 Å². The normalized spacial score (nSPS) is 22.6. The topological polar surface area (TPSA) is 25.4 Å². The number of halogens is 1. The van der Waals surface area contributed by atoms with Crippen LogP contribution in [0.1, 0.15) is 49.9 Å². The number of thiazole rings is 1. The smallest absolute Gasteiger partial charge is 0.110 e. The minimum absolute atomic E-state index is 0.370. The molecule has 2 atom stereocenters. The highest BCUT2D eigenvalue weighted by Gasteiger charge is 2.26. The average molecular weight is 303 g/mol. The van der Waals surface area contributed by atoms with Crippen molar-refractivity contribution >= 4 is 22.9 Å². The molecule has 0 aromatic carbocycles. The van der Waals surface area contributed by atoms with Gasteiger partial charge in [-0.1, -0.05) is 6.92 Å². The average Bonchev–Trinajstić information content (AvgIpc) is 2.93. The van der Waals surface area contributed by atoms with Crippen molar-refractivity contribution in [1.29, 1.82) is 0 Å². The molecule has 0 aliphatic carbocycles. The molecule has 2 rings (SSSR count). The van der Waals surface area contributed by atoms with Gasteiger partial charge >= 0.3 is 0 Å². The molecule has 0 N–H and O–H groups in total. The largest absolute Gasteiger partial charge is 0.377 e. The van der Waals surface area contributed by atoms with Gasteiger partial charge in [-0.25, -0.2) is 4.98 Å². The summed E-state index contributed by atoms with van der Waals surface area (Å²) in [5, 5.41) is 3.24. The van der Waals surface area contributed by atoms with Crippen LogP contribution in [0.3, 0.4) is 0 Å². The van der Waals surface area contributed by atoms with Gasteiger partial charge in [0.05, 0.1) is 23.7 Å². The monoisotopic (exact) mass is 302 g/mol. The molecule has 108 valence electrons. The number of ether oxygens (including phenoxy) is 1. The maximum absolute atomic E-state index is 5.89. The van der Waals surface area contributed by atoms with Gasteiger partial charge in [-0.2, -0.15) is 0 Å². The summed E-state index contributed by atoms with van der Waals surface area (Å²) < 4.78 is 5.89. The molecule has 1 aromatic rings. The maximum atomic E-state index is 5.89. The Morgan fingerprint density at radius 2 is 2.47 bits per heavy atom. The standard InChI is InChI=1S/C14H23ClN2OS/c1-3-7-18-13-5-4-6-17(9-13)11(2)14-16-12(8-15)10-19-14/h10-11,13H,3-9H2,1-2H3. The first kappa shape index (κ1) is 15.2. The van der Waals surface area contributed by atoms with Crippen LogP contribution in [-0.4, -0.2) is 35.7 Å². The van der Waals surface area contributed by atoms with Crippen molar-refractivity contribution in [1.82, 2.24) is 9.88 Å². The number of likely N-dealkylation sites (tertiary alicyclic amines) is 1. The van der Waals surface area contributed by atoms with Crippen LogP contribution in [-0.2, 0) is 10.6 Å². The molecule has 1 aliphatic rings. The summed E-state index contributed by atoms with van der Waals surface area (Å²) in [5.41, 5.74) is 0.990. The molecule has 3 nitrogen and oxygen atoms in total. The van der Waals surface area contributed by atoms with Gasteiger partial charge in [-0.05, 0) is 32.7 Å². The molecule has 19 heavy (non-hydrogen) atoms. The summed E-state index contributed by atoms with van der Waals surface area (Å²) in [6, 6.07) is 0.370. The number of piperidine rings is 1. The lowest BCUT2D eigenvalue weighted by molar-refractivity contribution is -0.0107. The zero-order valence-electron chi connectivity index (χ0n) is 11.8. The van der Waals surface area contributed by atoms with E-state index >= 15 is 0 Å². The van der Waals surface area contributed by atoms with Crippen molar-refractivity contribution in [2.45, 2.75) is 51.1 Å². The third-order valence-corrected chi connectivity index (χ3v) is 4.92. The van der Waals surface area contributed by atoms with E-state index in [1.54, 1.807) is 11.3 Å². The first-order valence-electron chi connectivity index (χ1n) is 7.10. The van der Waals surface area contributed by atoms with E-state index in [4.69, 9.17) is 16.3 Å². The van der Waals surface area contributed by atoms with Gasteiger partial charge in [0.2, 0.25) is 0 Å². The molecule has 1 fully saturated rings. The molecule has 0 spiro atoms. The van der Waals surface area contributed by atoms with Crippen molar-refractivity contribution in [2.75, 3.05) is 19.7 Å². The fourth-order valence-electron chi connectivity index (χ4n) is 2.47. The molecule has 5 heteroatoms. The number of hydrogen-bond donors (Lipinski definition) is 0. The molecule has 0 radical (unpaired) electrons. The van der Waals surface area contributed by atoms with Crippen LogP contribution in [0.15, 0.2) is 5.38 Å². The van der Waals surface area contributed by atoms with Gasteiger partial charge < -0.3 is 4.74 Å². The van der Waals surface area contributed by atoms with E-state index in [9.17, 15) is 0 Å². The van der Waals surface area contributed by atoms with E-state index in [-0.39, 0.29) is 0 Å². The molecule has 0 saturated carbocycles. The van der Waals surface area contributed by atoms with Crippen molar-refractivity contribution in [3.05, 3.63) is 16.1 Å². The van der Waals surface area contributed by atoms with Gasteiger partial charge in [-0.3, -0.25) is 4.90 Å². The predicted octanol–water partition coefficient (Wildman–Crippen LogP) is 3.83. The van der Waals surface area contributed by atoms with Crippen molar-refractivity contribution < 1.29 is 4.74 Å². The summed E-state index contributed by atoms with van der Waals surface area (Å²) in [7, 11) is 0. The maximum Gasteiger partial charge on any atom is 0.110 e. The first-order valence-corrected chi connectivity index (χ1v) is 8.52. The number of alkyl halides is 1. The third-order valence-electron chi connectivity index (χ3n) is 3.58. The molecule has 1 aromatic heterocycles. The van der Waals surface area contributed by atoms with E-state index in [1.165, 1.54) is 17.8 Å². The van der Waals surface area contributed by atoms with Crippen LogP contribution >= 0.6 is 22.9 Å². The number of aromatic nitrogens is 1. The Balaban J connectivity index is 1.92. The second-order valence-corrected chi connectivity index (χ2v) is 6.27. The second-order valence-electron chi connectivity index (χ2n) is 5.12. The van der Waals surface area contributed by atoms with Crippen LogP contribution in [0, 0.1) is 0 Å². The fourth-order valence-corrected chi connectivity index (χ4v) is 3.61. The summed E-state index contributed by atoms with van der Waals surface area (Å²) in [4.78, 5) is 7.08. The number of hydrogen-bond acceptors (Lipinski definition) is 4. The van der Waals surface area contributed by atoms with Crippen molar-refractivity contribution in [3.63, 3.8) is 0 Å². The Bertz CT molecular complexity index is 385. The highest BCUT2D eigenvalue weighted by molar-refractivity contribution is 7.09. The Morgan fingerprint density at radius 3 is 3.16 bits per heavy atom. The number of nitrogens with zero attached hydrogens (tertiary/aromatic N) is 2. The van der Waals surface area contributed by atoms with Gasteiger partial charge in [0.15, 0.2) is 0 Å². The molecular formula is C14H23ClN2OS. The first-order chi connectivity index (χ1) is 9.24. The van der Waals surface area contributed by atoms with Crippen LogP contribution in [0.4, 0.5) is 0 Å². The summed E-state index contributed by atoms with van der Waals surface area (Å²) >= 11 is 7.54. The van der Waals surface area contributed by atoms with Gasteiger partial charge in [0.25, 0.3) is 0 Å². The van der Waals surface area contributed by atoms with Crippen molar-refractivity contribution in [3.8, 4) is 0 Å². The third kappa shape index (κ3) is 4.15. The Kier molecular flexibility index (Phi) is 6.07. The number of rotatable bonds is 6. The second kappa shape index (κ2) is 7.58. The van der Waals surface area contributed by atoms with Crippen LogP contribution in [0.25, 0.3) is 0 Å². The molecule has 1 aliphatic heterocycles. The van der Waals surface area contributed by atoms with E-state index in [0.717, 1.165) is 31.8 Å². The Hall–Kier alpha value is -0.160. The van der Waals surface area contributed by atoms with E-state index < -0.39 is 0 Å². The van der Waals surface area contributed by atoms with Crippen LogP contribution in [0.5, 0.6) is 0 Å². The quantitative estimate of drug-likeness (QED) is 0.747. The van der Waals surface area contributed by atoms with E-state index in [1.807, 2.05) is 0 Å². The van der Waals surface area contributed by atoms with Gasteiger partial charge in [-0.15, -0.1) is 22.9 Å². The molecule has 0 bridgehead atoms.